The van der Waals surface area contributed by atoms with Gasteiger partial charge in [0.2, 0.25) is 0 Å². The van der Waals surface area contributed by atoms with Crippen LogP contribution < -0.4 is 5.32 Å². The Kier molecular flexibility index (Phi) is 4.02. The molecule has 2 N–H and O–H groups in total. The van der Waals surface area contributed by atoms with Gasteiger partial charge in [-0.05, 0) is 35.0 Å². The van der Waals surface area contributed by atoms with Crippen LogP contribution in [0.25, 0.3) is 5.69 Å². The summed E-state index contributed by atoms with van der Waals surface area (Å²) in [4.78, 5) is 7.12. The molecule has 3 aromatic rings. The van der Waals surface area contributed by atoms with Gasteiger partial charge in [0.15, 0.2) is 0 Å². The average Bonchev–Trinajstić information content (AvgIpc) is 3.21. The number of H-pyrrole nitrogens is 1. The first-order chi connectivity index (χ1) is 10.3. The van der Waals surface area contributed by atoms with E-state index in [1.54, 1.807) is 17.3 Å². The molecule has 0 aliphatic rings. The van der Waals surface area contributed by atoms with Gasteiger partial charge in [-0.15, -0.1) is 5.10 Å². The average molecular weight is 283 g/mol. The van der Waals surface area contributed by atoms with E-state index >= 15 is 0 Å². The molecule has 0 saturated carbocycles. The lowest BCUT2D eigenvalue weighted by molar-refractivity contribution is 0.574. The molecular weight excluding hydrogens is 266 g/mol. The molecule has 0 amide bonds. The van der Waals surface area contributed by atoms with Crippen molar-refractivity contribution in [3.63, 3.8) is 0 Å². The van der Waals surface area contributed by atoms with Gasteiger partial charge in [-0.2, -0.15) is 0 Å². The third kappa shape index (κ3) is 3.32. The summed E-state index contributed by atoms with van der Waals surface area (Å²) < 4.78 is 1.65. The molecule has 0 aliphatic carbocycles. The second-order valence-electron chi connectivity index (χ2n) is 4.85. The maximum absolute atomic E-state index is 4.01. The first-order valence-corrected chi connectivity index (χ1v) is 6.87. The number of aromatic amines is 1. The number of imidazole rings is 1. The van der Waals surface area contributed by atoms with Crippen LogP contribution in [-0.4, -0.2) is 36.7 Å². The fourth-order valence-electron chi connectivity index (χ4n) is 2.18. The molecule has 1 aromatic carbocycles. The molecule has 2 heterocycles. The molecule has 108 valence electrons. The number of benzene rings is 1. The minimum absolute atomic E-state index is 0.254. The van der Waals surface area contributed by atoms with Crippen LogP contribution in [0.2, 0.25) is 0 Å². The number of nitrogens with one attached hydrogen (secondary N) is 2. The van der Waals surface area contributed by atoms with Gasteiger partial charge in [0.25, 0.3) is 0 Å². The first kappa shape index (κ1) is 13.4. The quantitative estimate of drug-likeness (QED) is 0.712. The van der Waals surface area contributed by atoms with Crippen LogP contribution >= 0.6 is 0 Å². The van der Waals surface area contributed by atoms with E-state index in [1.807, 2.05) is 18.3 Å². The monoisotopic (exact) mass is 283 g/mol. The molecule has 21 heavy (non-hydrogen) atoms. The minimum atomic E-state index is 0.254. The lowest BCUT2D eigenvalue weighted by atomic mass is 10.1. The summed E-state index contributed by atoms with van der Waals surface area (Å²) in [5.41, 5.74) is 3.30. The van der Waals surface area contributed by atoms with E-state index in [0.29, 0.717) is 0 Å². The molecule has 0 bridgehead atoms. The molecule has 1 unspecified atom stereocenters. The number of aromatic nitrogens is 6. The van der Waals surface area contributed by atoms with Crippen molar-refractivity contribution in [1.29, 1.82) is 0 Å². The predicted octanol–water partition coefficient (Wildman–Crippen LogP) is 1.28. The van der Waals surface area contributed by atoms with Gasteiger partial charge in [0.05, 0.1) is 12.0 Å². The smallest absolute Gasteiger partial charge is 0.143 e. The Morgan fingerprint density at radius 3 is 3.10 bits per heavy atom. The topological polar surface area (TPSA) is 84.3 Å². The maximum atomic E-state index is 4.01. The van der Waals surface area contributed by atoms with Crippen molar-refractivity contribution in [2.45, 2.75) is 19.4 Å². The zero-order chi connectivity index (χ0) is 14.5. The van der Waals surface area contributed by atoms with E-state index in [9.17, 15) is 0 Å². The second kappa shape index (κ2) is 6.27. The fraction of sp³-hybridized carbons (Fsp3) is 0.286. The van der Waals surface area contributed by atoms with Crippen LogP contribution in [0.15, 0.2) is 43.1 Å². The Morgan fingerprint density at radius 2 is 2.33 bits per heavy atom. The van der Waals surface area contributed by atoms with E-state index in [0.717, 1.165) is 24.3 Å². The standard InChI is InChI=1S/C14H17N7/c1-11(16-6-5-13-8-15-9-17-13)12-3-2-4-14(7-12)21-10-18-19-20-21/h2-4,7-11,16H,5-6H2,1H3,(H,15,17). The number of hydrogen-bond donors (Lipinski definition) is 2. The highest BCUT2D eigenvalue weighted by Crippen LogP contribution is 2.16. The highest BCUT2D eigenvalue weighted by molar-refractivity contribution is 5.35. The Hall–Kier alpha value is -2.54. The summed E-state index contributed by atoms with van der Waals surface area (Å²) in [6.07, 6.45) is 6.07. The molecule has 0 fully saturated rings. The normalized spacial score (nSPS) is 12.4. The van der Waals surface area contributed by atoms with Gasteiger partial charge >= 0.3 is 0 Å². The summed E-state index contributed by atoms with van der Waals surface area (Å²) in [5.74, 6) is 0. The molecule has 2 aromatic heterocycles. The van der Waals surface area contributed by atoms with Crippen molar-refractivity contribution >= 4 is 0 Å². The summed E-state index contributed by atoms with van der Waals surface area (Å²) in [7, 11) is 0. The maximum Gasteiger partial charge on any atom is 0.143 e. The number of rotatable bonds is 6. The lowest BCUT2D eigenvalue weighted by Crippen LogP contribution is -2.21. The Morgan fingerprint density at radius 1 is 1.38 bits per heavy atom. The minimum Gasteiger partial charge on any atom is -0.348 e. The molecule has 3 rings (SSSR count). The van der Waals surface area contributed by atoms with E-state index in [-0.39, 0.29) is 6.04 Å². The SMILES string of the molecule is CC(NCCc1cnc[nH]1)c1cccc(-n2cnnn2)c1. The molecule has 0 aliphatic heterocycles. The molecule has 7 heteroatoms. The van der Waals surface area contributed by atoms with Gasteiger partial charge in [0, 0.05) is 30.9 Å². The second-order valence-corrected chi connectivity index (χ2v) is 4.85. The fourth-order valence-corrected chi connectivity index (χ4v) is 2.18. The van der Waals surface area contributed by atoms with Crippen LogP contribution in [0, 0.1) is 0 Å². The Bertz CT molecular complexity index is 660. The zero-order valence-electron chi connectivity index (χ0n) is 11.8. The number of nitrogens with zero attached hydrogens (tertiary/aromatic N) is 5. The van der Waals surface area contributed by atoms with Crippen molar-refractivity contribution in [3.05, 3.63) is 54.4 Å². The lowest BCUT2D eigenvalue weighted by Gasteiger charge is -2.14. The van der Waals surface area contributed by atoms with Crippen LogP contribution in [0.1, 0.15) is 24.2 Å². The van der Waals surface area contributed by atoms with Gasteiger partial charge in [-0.1, -0.05) is 12.1 Å². The summed E-state index contributed by atoms with van der Waals surface area (Å²) in [6.45, 7) is 3.03. The first-order valence-electron chi connectivity index (χ1n) is 6.87. The predicted molar refractivity (Wildman–Crippen MR) is 77.9 cm³/mol. The molecule has 7 nitrogen and oxygen atoms in total. The van der Waals surface area contributed by atoms with E-state index in [1.165, 1.54) is 5.56 Å². The van der Waals surface area contributed by atoms with Crippen LogP contribution in [0.3, 0.4) is 0 Å². The largest absolute Gasteiger partial charge is 0.348 e. The number of hydrogen-bond acceptors (Lipinski definition) is 5. The third-order valence-electron chi connectivity index (χ3n) is 3.38. The number of tetrazole rings is 1. The zero-order valence-corrected chi connectivity index (χ0v) is 11.8. The van der Waals surface area contributed by atoms with Gasteiger partial charge < -0.3 is 10.3 Å². The van der Waals surface area contributed by atoms with Crippen molar-refractivity contribution in [1.82, 2.24) is 35.5 Å². The Balaban J connectivity index is 1.62. The van der Waals surface area contributed by atoms with Gasteiger partial charge in [-0.3, -0.25) is 0 Å². The van der Waals surface area contributed by atoms with Crippen LogP contribution in [0.5, 0.6) is 0 Å². The van der Waals surface area contributed by atoms with E-state index < -0.39 is 0 Å². The van der Waals surface area contributed by atoms with E-state index in [2.05, 4.69) is 49.9 Å². The van der Waals surface area contributed by atoms with Gasteiger partial charge in [0.1, 0.15) is 6.33 Å². The summed E-state index contributed by atoms with van der Waals surface area (Å²) >= 11 is 0. The summed E-state index contributed by atoms with van der Waals surface area (Å²) in [6, 6.07) is 8.44. The molecule has 1 atom stereocenters. The highest BCUT2D eigenvalue weighted by Gasteiger charge is 2.07. The molecule has 0 radical (unpaired) electrons. The van der Waals surface area contributed by atoms with Crippen molar-refractivity contribution in [2.24, 2.45) is 0 Å². The third-order valence-corrected chi connectivity index (χ3v) is 3.38. The van der Waals surface area contributed by atoms with Crippen molar-refractivity contribution in [3.8, 4) is 5.69 Å². The van der Waals surface area contributed by atoms with E-state index in [4.69, 9.17) is 0 Å². The van der Waals surface area contributed by atoms with Crippen LogP contribution in [-0.2, 0) is 6.42 Å². The summed E-state index contributed by atoms with van der Waals surface area (Å²) in [5, 5.41) is 14.7. The van der Waals surface area contributed by atoms with Crippen LogP contribution in [0.4, 0.5) is 0 Å². The molecule has 0 saturated heterocycles. The highest BCUT2D eigenvalue weighted by atomic mass is 15.5. The van der Waals surface area contributed by atoms with Crippen molar-refractivity contribution in [2.75, 3.05) is 6.54 Å². The molecular formula is C14H17N7. The Labute approximate surface area is 122 Å². The van der Waals surface area contributed by atoms with Crippen molar-refractivity contribution < 1.29 is 0 Å². The molecule has 0 spiro atoms. The van der Waals surface area contributed by atoms with Gasteiger partial charge in [-0.25, -0.2) is 9.67 Å².